The first-order chi connectivity index (χ1) is 19.0. The van der Waals surface area contributed by atoms with Gasteiger partial charge in [-0.1, -0.05) is 24.3 Å². The van der Waals surface area contributed by atoms with Crippen LogP contribution in [-0.2, 0) is 12.4 Å². The zero-order chi connectivity index (χ0) is 28.7. The zero-order valence-corrected chi connectivity index (χ0v) is 21.3. The summed E-state index contributed by atoms with van der Waals surface area (Å²) in [5, 5.41) is 0. The molecule has 2 atom stereocenters. The van der Waals surface area contributed by atoms with Gasteiger partial charge in [-0.25, -0.2) is 0 Å². The third-order valence-electron chi connectivity index (χ3n) is 6.97. The lowest BCUT2D eigenvalue weighted by Crippen LogP contribution is -2.23. The second-order valence-electron chi connectivity index (χ2n) is 9.32. The van der Waals surface area contributed by atoms with E-state index in [1.165, 1.54) is 31.4 Å². The van der Waals surface area contributed by atoms with Crippen molar-refractivity contribution in [2.45, 2.75) is 24.3 Å². The van der Waals surface area contributed by atoms with Crippen molar-refractivity contribution in [3.8, 4) is 11.5 Å². The number of rotatable bonds is 5. The molecule has 40 heavy (non-hydrogen) atoms. The monoisotopic (exact) mass is 555 g/mol. The third kappa shape index (κ3) is 5.28. The smallest absolute Gasteiger partial charge is 0.416 e. The maximum absolute atomic E-state index is 13.3. The topological polar surface area (TPSA) is 30.8 Å². The molecule has 2 unspecified atom stereocenters. The molecular formula is C31H23F6NO2. The number of benzene rings is 4. The van der Waals surface area contributed by atoms with Crippen LogP contribution in [0.3, 0.4) is 0 Å². The predicted molar refractivity (Wildman–Crippen MR) is 139 cm³/mol. The van der Waals surface area contributed by atoms with Crippen LogP contribution in [0, 0.1) is 0 Å². The maximum atomic E-state index is 13.3. The van der Waals surface area contributed by atoms with Crippen molar-refractivity contribution in [1.29, 1.82) is 0 Å². The van der Waals surface area contributed by atoms with Gasteiger partial charge in [0.25, 0.3) is 0 Å². The lowest BCUT2D eigenvalue weighted by atomic mass is 9.76. The fourth-order valence-corrected chi connectivity index (χ4v) is 4.95. The number of hydrogen-bond acceptors (Lipinski definition) is 3. The Kier molecular flexibility index (Phi) is 7.08. The van der Waals surface area contributed by atoms with Crippen molar-refractivity contribution >= 4 is 5.71 Å². The first kappa shape index (κ1) is 27.3. The summed E-state index contributed by atoms with van der Waals surface area (Å²) < 4.78 is 90.7. The minimum Gasteiger partial charge on any atom is -0.497 e. The fraction of sp³-hybridized carbons (Fsp3) is 0.194. The SMILES string of the molecule is COc1ccc(C2=NC(c3ccc(C(F)(F)F)cc3)C(c3ccc(C(F)(F)F)cc3)c3cc(OC)ccc32)cc1. The van der Waals surface area contributed by atoms with Crippen molar-refractivity contribution in [3.63, 3.8) is 0 Å². The molecule has 0 saturated heterocycles. The van der Waals surface area contributed by atoms with E-state index in [9.17, 15) is 26.3 Å². The van der Waals surface area contributed by atoms with E-state index >= 15 is 0 Å². The van der Waals surface area contributed by atoms with Crippen LogP contribution in [0.15, 0.2) is 96.0 Å². The largest absolute Gasteiger partial charge is 0.497 e. The van der Waals surface area contributed by atoms with Crippen LogP contribution in [0.5, 0.6) is 11.5 Å². The van der Waals surface area contributed by atoms with Gasteiger partial charge in [0.2, 0.25) is 0 Å². The molecule has 0 saturated carbocycles. The Morgan fingerprint density at radius 2 is 1.10 bits per heavy atom. The summed E-state index contributed by atoms with van der Waals surface area (Å²) >= 11 is 0. The van der Waals surface area contributed by atoms with Crippen LogP contribution in [0.25, 0.3) is 0 Å². The Balaban J connectivity index is 1.73. The third-order valence-corrected chi connectivity index (χ3v) is 6.97. The van der Waals surface area contributed by atoms with Crippen LogP contribution in [0.2, 0.25) is 0 Å². The quantitative estimate of drug-likeness (QED) is 0.231. The van der Waals surface area contributed by atoms with Crippen molar-refractivity contribution in [2.24, 2.45) is 4.99 Å². The van der Waals surface area contributed by atoms with E-state index in [-0.39, 0.29) is 0 Å². The van der Waals surface area contributed by atoms with Gasteiger partial charge in [-0.3, -0.25) is 4.99 Å². The molecule has 3 nitrogen and oxygen atoms in total. The number of methoxy groups -OCH3 is 2. The number of halogens is 6. The summed E-state index contributed by atoms with van der Waals surface area (Å²) in [6.07, 6.45) is -9.03. The first-order valence-corrected chi connectivity index (χ1v) is 12.2. The number of hydrogen-bond donors (Lipinski definition) is 0. The Hall–Kier alpha value is -4.27. The van der Waals surface area contributed by atoms with Crippen LogP contribution in [0.1, 0.15) is 50.9 Å². The Morgan fingerprint density at radius 3 is 1.60 bits per heavy atom. The normalized spacial score (nSPS) is 17.1. The standard InChI is InChI=1S/C31H23F6NO2/c1-39-23-13-7-19(8-14-23)28-25-16-15-24(40-2)17-26(25)27(18-3-9-21(10-4-18)30(32,33)34)29(38-28)20-5-11-22(12-6-20)31(35,36)37/h3-17,27,29H,1-2H3. The molecule has 0 fully saturated rings. The molecule has 9 heteroatoms. The number of fused-ring (bicyclic) bond motifs is 1. The molecule has 1 aliphatic heterocycles. The number of nitrogens with zero attached hydrogens (tertiary/aromatic N) is 1. The average molecular weight is 556 g/mol. The molecule has 4 aromatic rings. The van der Waals surface area contributed by atoms with Gasteiger partial charge in [-0.05, 0) is 83.4 Å². The van der Waals surface area contributed by atoms with Gasteiger partial charge in [0.1, 0.15) is 11.5 Å². The van der Waals surface area contributed by atoms with E-state index < -0.39 is 35.4 Å². The van der Waals surface area contributed by atoms with Gasteiger partial charge in [0.05, 0.1) is 37.1 Å². The summed E-state index contributed by atoms with van der Waals surface area (Å²) in [5.74, 6) is 0.556. The van der Waals surface area contributed by atoms with Crippen LogP contribution in [-0.4, -0.2) is 19.9 Å². The predicted octanol–water partition coefficient (Wildman–Crippen LogP) is 8.47. The molecular weight excluding hydrogens is 532 g/mol. The van der Waals surface area contributed by atoms with E-state index in [1.807, 2.05) is 18.2 Å². The molecule has 0 amide bonds. The Labute approximate surface area is 226 Å². The van der Waals surface area contributed by atoms with Crippen LogP contribution < -0.4 is 9.47 Å². The maximum Gasteiger partial charge on any atom is 0.416 e. The summed E-state index contributed by atoms with van der Waals surface area (Å²) in [6.45, 7) is 0. The molecule has 4 aromatic carbocycles. The second kappa shape index (κ2) is 10.4. The highest BCUT2D eigenvalue weighted by Gasteiger charge is 2.37. The van der Waals surface area contributed by atoms with Gasteiger partial charge in [-0.2, -0.15) is 26.3 Å². The summed E-state index contributed by atoms with van der Waals surface area (Å²) in [7, 11) is 3.05. The van der Waals surface area contributed by atoms with E-state index in [0.717, 1.165) is 41.0 Å². The summed E-state index contributed by atoms with van der Waals surface area (Å²) in [4.78, 5) is 5.03. The highest BCUT2D eigenvalue weighted by atomic mass is 19.4. The molecule has 0 aliphatic carbocycles. The molecule has 5 rings (SSSR count). The summed E-state index contributed by atoms with van der Waals surface area (Å²) in [6, 6.07) is 21.3. The van der Waals surface area contributed by atoms with Crippen molar-refractivity contribution < 1.29 is 35.8 Å². The minimum absolute atomic E-state index is 0.484. The minimum atomic E-state index is -4.52. The van der Waals surface area contributed by atoms with Crippen LogP contribution in [0.4, 0.5) is 26.3 Å². The van der Waals surface area contributed by atoms with Crippen LogP contribution >= 0.6 is 0 Å². The highest BCUT2D eigenvalue weighted by molar-refractivity contribution is 6.15. The molecule has 1 aliphatic rings. The lowest BCUT2D eigenvalue weighted by Gasteiger charge is -2.33. The van der Waals surface area contributed by atoms with Gasteiger partial charge < -0.3 is 9.47 Å². The van der Waals surface area contributed by atoms with E-state index in [0.29, 0.717) is 28.3 Å². The lowest BCUT2D eigenvalue weighted by molar-refractivity contribution is -0.138. The van der Waals surface area contributed by atoms with Gasteiger partial charge in [0.15, 0.2) is 0 Å². The molecule has 1 heterocycles. The molecule has 0 radical (unpaired) electrons. The van der Waals surface area contributed by atoms with Crippen molar-refractivity contribution in [1.82, 2.24) is 0 Å². The number of ether oxygens (including phenoxy) is 2. The van der Waals surface area contributed by atoms with E-state index in [4.69, 9.17) is 14.5 Å². The van der Waals surface area contributed by atoms with E-state index in [2.05, 4.69) is 0 Å². The van der Waals surface area contributed by atoms with E-state index in [1.54, 1.807) is 31.4 Å². The van der Waals surface area contributed by atoms with Crippen molar-refractivity contribution in [2.75, 3.05) is 14.2 Å². The highest BCUT2D eigenvalue weighted by Crippen LogP contribution is 2.47. The van der Waals surface area contributed by atoms with Crippen molar-refractivity contribution in [3.05, 3.63) is 130 Å². The molecule has 206 valence electrons. The summed E-state index contributed by atoms with van der Waals surface area (Å²) in [5.41, 5.74) is 2.21. The van der Waals surface area contributed by atoms with Gasteiger partial charge in [-0.15, -0.1) is 0 Å². The Bertz CT molecular complexity index is 1520. The molecule has 0 N–H and O–H groups in total. The Morgan fingerprint density at radius 1 is 0.600 bits per heavy atom. The number of aliphatic imine (C=N–C) groups is 1. The number of alkyl halides is 6. The molecule has 0 bridgehead atoms. The fourth-order valence-electron chi connectivity index (χ4n) is 4.95. The first-order valence-electron chi connectivity index (χ1n) is 12.2. The molecule has 0 spiro atoms. The second-order valence-corrected chi connectivity index (χ2v) is 9.32. The zero-order valence-electron chi connectivity index (χ0n) is 21.3. The average Bonchev–Trinajstić information content (AvgIpc) is 2.95. The van der Waals surface area contributed by atoms with Gasteiger partial charge >= 0.3 is 12.4 Å². The molecule has 0 aromatic heterocycles. The van der Waals surface area contributed by atoms with Gasteiger partial charge in [0, 0.05) is 17.0 Å².